The Bertz CT molecular complexity index is 863. The quantitative estimate of drug-likeness (QED) is 0.800. The molecule has 0 radical (unpaired) electrons. The molecule has 3 aromatic rings. The van der Waals surface area contributed by atoms with Gasteiger partial charge in [-0.25, -0.2) is 14.3 Å². The summed E-state index contributed by atoms with van der Waals surface area (Å²) in [6.45, 7) is 2.86. The molecule has 0 unspecified atom stereocenters. The minimum Gasteiger partial charge on any atom is -0.342 e. The molecule has 1 aromatic carbocycles. The van der Waals surface area contributed by atoms with Crippen LogP contribution in [0.2, 0.25) is 0 Å². The fourth-order valence-electron chi connectivity index (χ4n) is 2.99. The largest absolute Gasteiger partial charge is 0.342 e. The lowest BCUT2D eigenvalue weighted by molar-refractivity contribution is 0.0927. The van der Waals surface area contributed by atoms with Crippen LogP contribution < -0.4 is 5.32 Å². The van der Waals surface area contributed by atoms with E-state index >= 15 is 0 Å². The third-order valence-electron chi connectivity index (χ3n) is 4.23. The number of nitrogens with one attached hydrogen (secondary N) is 1. The molecule has 2 aromatic heterocycles. The maximum absolute atomic E-state index is 12.5. The first-order chi connectivity index (χ1) is 11.7. The van der Waals surface area contributed by atoms with E-state index < -0.39 is 0 Å². The van der Waals surface area contributed by atoms with Crippen molar-refractivity contribution in [2.75, 3.05) is 0 Å². The second-order valence-electron chi connectivity index (χ2n) is 6.02. The predicted molar refractivity (Wildman–Crippen MR) is 87.8 cm³/mol. The highest BCUT2D eigenvalue weighted by Crippen LogP contribution is 2.22. The monoisotopic (exact) mass is 322 g/mol. The summed E-state index contributed by atoms with van der Waals surface area (Å²) in [5, 5.41) is 11.5. The van der Waals surface area contributed by atoms with Crippen molar-refractivity contribution >= 4 is 5.91 Å². The van der Waals surface area contributed by atoms with E-state index in [4.69, 9.17) is 0 Å². The summed E-state index contributed by atoms with van der Waals surface area (Å²) in [5.74, 6) is 0.734. The first kappa shape index (κ1) is 14.6. The van der Waals surface area contributed by atoms with Crippen molar-refractivity contribution in [2.45, 2.75) is 32.4 Å². The molecule has 1 aliphatic rings. The summed E-state index contributed by atoms with van der Waals surface area (Å²) in [6.07, 6.45) is 7.17. The minimum atomic E-state index is -0.0976. The van der Waals surface area contributed by atoms with Gasteiger partial charge in [0.1, 0.15) is 12.2 Å². The molecule has 0 spiro atoms. The van der Waals surface area contributed by atoms with Gasteiger partial charge in [-0.3, -0.25) is 4.79 Å². The Labute approximate surface area is 139 Å². The van der Waals surface area contributed by atoms with Crippen LogP contribution in [-0.2, 0) is 6.54 Å². The number of aryl methyl sites for hydroxylation is 2. The lowest BCUT2D eigenvalue weighted by Crippen LogP contribution is -2.33. The van der Waals surface area contributed by atoms with Crippen LogP contribution in [0.4, 0.5) is 0 Å². The third-order valence-corrected chi connectivity index (χ3v) is 4.23. The molecule has 0 saturated heterocycles. The number of carbonyl (C=O) groups is 1. The number of aromatic nitrogens is 5. The fraction of sp³-hybridized carbons (Fsp3) is 0.294. The van der Waals surface area contributed by atoms with Crippen LogP contribution in [-0.4, -0.2) is 30.5 Å². The van der Waals surface area contributed by atoms with Gasteiger partial charge >= 0.3 is 0 Å². The Morgan fingerprint density at radius 2 is 2.08 bits per heavy atom. The van der Waals surface area contributed by atoms with Crippen molar-refractivity contribution in [1.29, 1.82) is 0 Å². The molecule has 7 heteroatoms. The summed E-state index contributed by atoms with van der Waals surface area (Å²) in [6, 6.07) is 7.34. The molecule has 0 bridgehead atoms. The molecular weight excluding hydrogens is 304 g/mol. The van der Waals surface area contributed by atoms with Gasteiger partial charge in [-0.05, 0) is 49.6 Å². The number of rotatable bonds is 3. The van der Waals surface area contributed by atoms with Crippen molar-refractivity contribution < 1.29 is 4.79 Å². The topological polar surface area (TPSA) is 77.6 Å². The molecule has 0 fully saturated rings. The minimum absolute atomic E-state index is 0.0813. The Balaban J connectivity index is 1.49. The maximum atomic E-state index is 12.5. The second-order valence-corrected chi connectivity index (χ2v) is 6.02. The van der Waals surface area contributed by atoms with E-state index in [1.807, 2.05) is 42.1 Å². The van der Waals surface area contributed by atoms with Crippen LogP contribution in [0.3, 0.4) is 0 Å². The zero-order chi connectivity index (χ0) is 16.5. The lowest BCUT2D eigenvalue weighted by atomic mass is 10.1. The van der Waals surface area contributed by atoms with Gasteiger partial charge < -0.3 is 5.32 Å². The van der Waals surface area contributed by atoms with E-state index in [0.717, 1.165) is 36.5 Å². The SMILES string of the molecule is Cc1cnn(-c2ccc(C(=O)N[C@H]3CCCn4ncnc43)cc2)c1. The molecule has 3 heterocycles. The molecule has 1 N–H and O–H groups in total. The van der Waals surface area contributed by atoms with Crippen molar-refractivity contribution in [3.05, 3.63) is 59.9 Å². The van der Waals surface area contributed by atoms with Crippen LogP contribution in [0, 0.1) is 6.92 Å². The summed E-state index contributed by atoms with van der Waals surface area (Å²) in [5.41, 5.74) is 2.65. The second kappa shape index (κ2) is 5.92. The van der Waals surface area contributed by atoms with Crippen molar-refractivity contribution in [3.8, 4) is 5.69 Å². The zero-order valence-electron chi connectivity index (χ0n) is 13.4. The molecule has 4 rings (SSSR count). The van der Waals surface area contributed by atoms with Gasteiger partial charge in [0.05, 0.1) is 17.9 Å². The summed E-state index contributed by atoms with van der Waals surface area (Å²) in [7, 11) is 0. The standard InChI is InChI=1S/C17H18N6O/c1-12-9-19-23(10-12)14-6-4-13(5-7-14)17(24)21-15-3-2-8-22-16(15)18-11-20-22/h4-7,9-11,15H,2-3,8H2,1H3,(H,21,24)/t15-/m0/s1. The lowest BCUT2D eigenvalue weighted by Gasteiger charge is -2.23. The van der Waals surface area contributed by atoms with E-state index in [1.54, 1.807) is 17.2 Å². The molecule has 24 heavy (non-hydrogen) atoms. The van der Waals surface area contributed by atoms with E-state index in [9.17, 15) is 4.79 Å². The number of hydrogen-bond donors (Lipinski definition) is 1. The van der Waals surface area contributed by atoms with Crippen LogP contribution in [0.5, 0.6) is 0 Å². The van der Waals surface area contributed by atoms with Gasteiger partial charge in [0.2, 0.25) is 0 Å². The van der Waals surface area contributed by atoms with Gasteiger partial charge in [0.15, 0.2) is 0 Å². The molecular formula is C17H18N6O. The number of nitrogens with zero attached hydrogens (tertiary/aromatic N) is 5. The maximum Gasteiger partial charge on any atom is 0.251 e. The van der Waals surface area contributed by atoms with Gasteiger partial charge in [-0.1, -0.05) is 0 Å². The van der Waals surface area contributed by atoms with Crippen LogP contribution in [0.15, 0.2) is 43.0 Å². The Kier molecular flexibility index (Phi) is 3.60. The molecule has 1 atom stereocenters. The highest BCUT2D eigenvalue weighted by Gasteiger charge is 2.24. The molecule has 0 aliphatic carbocycles. The Hall–Kier alpha value is -2.96. The smallest absolute Gasteiger partial charge is 0.251 e. The molecule has 122 valence electrons. The summed E-state index contributed by atoms with van der Waals surface area (Å²) >= 11 is 0. The molecule has 7 nitrogen and oxygen atoms in total. The number of hydrogen-bond acceptors (Lipinski definition) is 4. The number of amides is 1. The van der Waals surface area contributed by atoms with Gasteiger partial charge in [-0.2, -0.15) is 10.2 Å². The molecule has 1 aliphatic heterocycles. The zero-order valence-corrected chi connectivity index (χ0v) is 13.4. The van der Waals surface area contributed by atoms with E-state index in [2.05, 4.69) is 20.5 Å². The van der Waals surface area contributed by atoms with Gasteiger partial charge in [0, 0.05) is 18.3 Å². The van der Waals surface area contributed by atoms with Crippen molar-refractivity contribution in [3.63, 3.8) is 0 Å². The van der Waals surface area contributed by atoms with Gasteiger partial charge in [-0.15, -0.1) is 0 Å². The summed E-state index contributed by atoms with van der Waals surface area (Å²) in [4.78, 5) is 16.8. The molecule has 0 saturated carbocycles. The first-order valence-corrected chi connectivity index (χ1v) is 8.01. The van der Waals surface area contributed by atoms with Crippen molar-refractivity contribution in [2.24, 2.45) is 0 Å². The predicted octanol–water partition coefficient (Wildman–Crippen LogP) is 2.04. The normalized spacial score (nSPS) is 16.6. The Morgan fingerprint density at radius 3 is 2.83 bits per heavy atom. The van der Waals surface area contributed by atoms with Crippen LogP contribution in [0.1, 0.15) is 40.6 Å². The average Bonchev–Trinajstić information content (AvgIpc) is 3.24. The molecule has 1 amide bonds. The number of fused-ring (bicyclic) bond motifs is 1. The Morgan fingerprint density at radius 1 is 1.25 bits per heavy atom. The first-order valence-electron chi connectivity index (χ1n) is 8.01. The highest BCUT2D eigenvalue weighted by molar-refractivity contribution is 5.94. The van der Waals surface area contributed by atoms with E-state index in [-0.39, 0.29) is 11.9 Å². The van der Waals surface area contributed by atoms with Crippen molar-refractivity contribution in [1.82, 2.24) is 29.9 Å². The van der Waals surface area contributed by atoms with E-state index in [0.29, 0.717) is 5.56 Å². The van der Waals surface area contributed by atoms with Crippen LogP contribution >= 0.6 is 0 Å². The fourth-order valence-corrected chi connectivity index (χ4v) is 2.99. The summed E-state index contributed by atoms with van der Waals surface area (Å²) < 4.78 is 3.65. The van der Waals surface area contributed by atoms with Crippen LogP contribution in [0.25, 0.3) is 5.69 Å². The average molecular weight is 322 g/mol. The highest BCUT2D eigenvalue weighted by atomic mass is 16.1. The van der Waals surface area contributed by atoms with Gasteiger partial charge in [0.25, 0.3) is 5.91 Å². The van der Waals surface area contributed by atoms with E-state index in [1.165, 1.54) is 0 Å². The number of benzene rings is 1. The third kappa shape index (κ3) is 2.68. The number of carbonyl (C=O) groups excluding carboxylic acids is 1.